The van der Waals surface area contributed by atoms with E-state index in [1.165, 1.54) is 7.11 Å². The first-order chi connectivity index (χ1) is 9.60. The zero-order valence-electron chi connectivity index (χ0n) is 11.7. The van der Waals surface area contributed by atoms with Crippen LogP contribution in [0.4, 0.5) is 0 Å². The molecular formula is C13H17N3O3S. The van der Waals surface area contributed by atoms with Gasteiger partial charge in [-0.05, 0) is 18.5 Å². The third-order valence-electron chi connectivity index (χ3n) is 2.80. The predicted molar refractivity (Wildman–Crippen MR) is 75.1 cm³/mol. The van der Waals surface area contributed by atoms with Crippen molar-refractivity contribution >= 4 is 17.3 Å². The van der Waals surface area contributed by atoms with E-state index in [9.17, 15) is 4.79 Å². The highest BCUT2D eigenvalue weighted by Crippen LogP contribution is 2.22. The van der Waals surface area contributed by atoms with E-state index in [1.54, 1.807) is 11.3 Å². The molecule has 0 bridgehead atoms. The lowest BCUT2D eigenvalue weighted by Gasteiger charge is -2.17. The molecule has 6 nitrogen and oxygen atoms in total. The molecule has 2 rings (SSSR count). The van der Waals surface area contributed by atoms with Gasteiger partial charge in [0.1, 0.15) is 0 Å². The lowest BCUT2D eigenvalue weighted by molar-refractivity contribution is -0.145. The Balaban J connectivity index is 1.92. The first-order valence-electron chi connectivity index (χ1n) is 6.23. The zero-order valence-corrected chi connectivity index (χ0v) is 12.5. The maximum Gasteiger partial charge on any atom is 0.309 e. The molecule has 0 amide bonds. The van der Waals surface area contributed by atoms with Gasteiger partial charge in [0.15, 0.2) is 5.82 Å². The van der Waals surface area contributed by atoms with Crippen molar-refractivity contribution in [1.29, 1.82) is 0 Å². The summed E-state index contributed by atoms with van der Waals surface area (Å²) in [6, 6.07) is 3.87. The van der Waals surface area contributed by atoms with E-state index in [0.717, 1.165) is 4.88 Å². The van der Waals surface area contributed by atoms with Gasteiger partial charge >= 0.3 is 5.97 Å². The van der Waals surface area contributed by atoms with Crippen molar-refractivity contribution in [2.45, 2.75) is 13.5 Å². The minimum absolute atomic E-state index is 0.186. The van der Waals surface area contributed by atoms with E-state index < -0.39 is 0 Å². The van der Waals surface area contributed by atoms with Crippen LogP contribution in [0.5, 0.6) is 0 Å². The molecule has 2 aromatic rings. The molecule has 0 fully saturated rings. The highest BCUT2D eigenvalue weighted by Gasteiger charge is 2.17. The molecule has 7 heteroatoms. The van der Waals surface area contributed by atoms with E-state index in [-0.39, 0.29) is 11.9 Å². The lowest BCUT2D eigenvalue weighted by atomic mass is 10.2. The van der Waals surface area contributed by atoms with Crippen molar-refractivity contribution in [2.24, 2.45) is 5.92 Å². The number of aromatic nitrogens is 2. The second kappa shape index (κ2) is 6.62. The minimum atomic E-state index is -0.218. The number of methoxy groups -OCH3 is 1. The highest BCUT2D eigenvalue weighted by atomic mass is 32.1. The number of rotatable bonds is 6. The van der Waals surface area contributed by atoms with E-state index in [0.29, 0.717) is 24.8 Å². The topological polar surface area (TPSA) is 68.5 Å². The van der Waals surface area contributed by atoms with E-state index in [2.05, 4.69) is 10.1 Å². The first kappa shape index (κ1) is 14.7. The normalized spacial score (nSPS) is 12.6. The molecule has 1 unspecified atom stereocenters. The Bertz CT molecular complexity index is 553. The summed E-state index contributed by atoms with van der Waals surface area (Å²) in [5.41, 5.74) is 0. The lowest BCUT2D eigenvalue weighted by Crippen LogP contribution is -2.29. The summed E-state index contributed by atoms with van der Waals surface area (Å²) in [6.45, 7) is 2.93. The maximum atomic E-state index is 11.4. The van der Waals surface area contributed by atoms with Gasteiger partial charge in [-0.25, -0.2) is 0 Å². The third-order valence-corrected chi connectivity index (χ3v) is 3.66. The van der Waals surface area contributed by atoms with Gasteiger partial charge in [-0.1, -0.05) is 18.1 Å². The van der Waals surface area contributed by atoms with Crippen molar-refractivity contribution in [1.82, 2.24) is 15.0 Å². The summed E-state index contributed by atoms with van der Waals surface area (Å²) in [5, 5.41) is 5.91. The molecule has 0 aliphatic rings. The van der Waals surface area contributed by atoms with Gasteiger partial charge in [0, 0.05) is 6.54 Å². The maximum absolute atomic E-state index is 11.4. The molecule has 1 atom stereocenters. The molecule has 20 heavy (non-hydrogen) atoms. The molecule has 0 aliphatic heterocycles. The number of carbonyl (C=O) groups is 1. The van der Waals surface area contributed by atoms with Crippen LogP contribution in [0, 0.1) is 5.92 Å². The predicted octanol–water partition coefficient (Wildman–Crippen LogP) is 2.04. The van der Waals surface area contributed by atoms with Crippen LogP contribution in [0.1, 0.15) is 12.7 Å². The quantitative estimate of drug-likeness (QED) is 0.760. The molecule has 2 heterocycles. The van der Waals surface area contributed by atoms with E-state index in [1.807, 2.05) is 36.4 Å². The number of ether oxygens (including phenoxy) is 1. The largest absolute Gasteiger partial charge is 0.469 e. The number of nitrogens with zero attached hydrogens (tertiary/aromatic N) is 3. The van der Waals surface area contributed by atoms with Crippen molar-refractivity contribution in [3.05, 3.63) is 23.3 Å². The standard InChI is InChI=1S/C13H17N3O3S/c1-9(13(17)18-3)7-16(2)8-11-14-12(19-15-11)10-5-4-6-20-10/h4-6,9H,7-8H2,1-3H3. The highest BCUT2D eigenvalue weighted by molar-refractivity contribution is 7.13. The fourth-order valence-electron chi connectivity index (χ4n) is 1.87. The molecule has 0 radical (unpaired) electrons. The Morgan fingerprint density at radius 3 is 3.05 bits per heavy atom. The second-order valence-corrected chi connectivity index (χ2v) is 5.56. The van der Waals surface area contributed by atoms with Crippen LogP contribution in [0.3, 0.4) is 0 Å². The molecule has 0 spiro atoms. The van der Waals surface area contributed by atoms with Crippen LogP contribution in [0.25, 0.3) is 10.8 Å². The van der Waals surface area contributed by atoms with Crippen LogP contribution in [0.15, 0.2) is 22.0 Å². The Kier molecular flexibility index (Phi) is 4.86. The third kappa shape index (κ3) is 3.64. The summed E-state index contributed by atoms with van der Waals surface area (Å²) >= 11 is 1.55. The number of hydrogen-bond donors (Lipinski definition) is 0. The van der Waals surface area contributed by atoms with Crippen LogP contribution in [0.2, 0.25) is 0 Å². The second-order valence-electron chi connectivity index (χ2n) is 4.61. The van der Waals surface area contributed by atoms with Crippen molar-refractivity contribution in [3.63, 3.8) is 0 Å². The summed E-state index contributed by atoms with van der Waals surface area (Å²) in [4.78, 5) is 18.6. The monoisotopic (exact) mass is 295 g/mol. The van der Waals surface area contributed by atoms with Gasteiger partial charge in [0.2, 0.25) is 0 Å². The molecule has 108 valence electrons. The molecule has 0 N–H and O–H groups in total. The Morgan fingerprint density at radius 1 is 1.60 bits per heavy atom. The molecule has 0 aromatic carbocycles. The summed E-state index contributed by atoms with van der Waals surface area (Å²) in [6.07, 6.45) is 0. The van der Waals surface area contributed by atoms with Crippen molar-refractivity contribution in [2.75, 3.05) is 20.7 Å². The molecule has 0 aliphatic carbocycles. The van der Waals surface area contributed by atoms with Crippen LogP contribution in [-0.4, -0.2) is 41.7 Å². The summed E-state index contributed by atoms with van der Waals surface area (Å²) in [7, 11) is 3.30. The van der Waals surface area contributed by atoms with Crippen LogP contribution in [-0.2, 0) is 16.1 Å². The van der Waals surface area contributed by atoms with E-state index in [4.69, 9.17) is 9.26 Å². The molecule has 0 saturated carbocycles. The van der Waals surface area contributed by atoms with Crippen molar-refractivity contribution in [3.8, 4) is 10.8 Å². The average molecular weight is 295 g/mol. The minimum Gasteiger partial charge on any atom is -0.469 e. The molecular weight excluding hydrogens is 278 g/mol. The number of thiophene rings is 1. The summed E-state index contributed by atoms with van der Waals surface area (Å²) in [5.74, 6) is 0.732. The van der Waals surface area contributed by atoms with Gasteiger partial charge in [-0.15, -0.1) is 11.3 Å². The SMILES string of the molecule is COC(=O)C(C)CN(C)Cc1noc(-c2cccs2)n1. The Labute approximate surface area is 121 Å². The molecule has 2 aromatic heterocycles. The Hall–Kier alpha value is -1.73. The van der Waals surface area contributed by atoms with Gasteiger partial charge in [0.05, 0.1) is 24.4 Å². The smallest absolute Gasteiger partial charge is 0.309 e. The van der Waals surface area contributed by atoms with E-state index >= 15 is 0 Å². The van der Waals surface area contributed by atoms with Gasteiger partial charge in [0.25, 0.3) is 5.89 Å². The number of esters is 1. The molecule has 0 saturated heterocycles. The van der Waals surface area contributed by atoms with Crippen LogP contribution < -0.4 is 0 Å². The first-order valence-corrected chi connectivity index (χ1v) is 7.11. The number of hydrogen-bond acceptors (Lipinski definition) is 7. The van der Waals surface area contributed by atoms with Crippen molar-refractivity contribution < 1.29 is 14.1 Å². The fraction of sp³-hybridized carbons (Fsp3) is 0.462. The number of carbonyl (C=O) groups excluding carboxylic acids is 1. The fourth-order valence-corrected chi connectivity index (χ4v) is 2.51. The van der Waals surface area contributed by atoms with Gasteiger partial charge in [-0.2, -0.15) is 4.98 Å². The summed E-state index contributed by atoms with van der Waals surface area (Å²) < 4.78 is 9.92. The average Bonchev–Trinajstić information content (AvgIpc) is 3.07. The van der Waals surface area contributed by atoms with Gasteiger partial charge in [-0.3, -0.25) is 9.69 Å². The zero-order chi connectivity index (χ0) is 14.5. The Morgan fingerprint density at radius 2 is 2.40 bits per heavy atom. The van der Waals surface area contributed by atoms with Gasteiger partial charge < -0.3 is 9.26 Å². The van der Waals surface area contributed by atoms with Crippen LogP contribution >= 0.6 is 11.3 Å².